The Bertz CT molecular complexity index is 534. The zero-order valence-corrected chi connectivity index (χ0v) is 8.70. The molecule has 5 heteroatoms. The van der Waals surface area contributed by atoms with Crippen molar-refractivity contribution in [3.8, 4) is 0 Å². The van der Waals surface area contributed by atoms with Crippen molar-refractivity contribution >= 4 is 22.9 Å². The number of fused-ring (bicyclic) bond motifs is 1. The van der Waals surface area contributed by atoms with E-state index in [1.807, 2.05) is 26.0 Å². The molecule has 0 saturated heterocycles. The van der Waals surface area contributed by atoms with Gasteiger partial charge in [-0.05, 0) is 31.0 Å². The summed E-state index contributed by atoms with van der Waals surface area (Å²) in [6.07, 6.45) is 0. The molecular weight excluding hydrogens is 190 g/mol. The number of hydrogen-bond acceptors (Lipinski definition) is 2. The van der Waals surface area contributed by atoms with Crippen molar-refractivity contribution in [2.24, 2.45) is 16.5 Å². The van der Waals surface area contributed by atoms with Crippen LogP contribution in [0.1, 0.15) is 11.1 Å². The molecule has 0 aliphatic carbocycles. The first kappa shape index (κ1) is 9.51. The smallest absolute Gasteiger partial charge is 0.231 e. The molecule has 5 N–H and O–H groups in total. The monoisotopic (exact) mass is 203 g/mol. The lowest BCUT2D eigenvalue weighted by Crippen LogP contribution is -2.22. The molecule has 0 aliphatic rings. The van der Waals surface area contributed by atoms with Crippen LogP contribution in [0, 0.1) is 13.8 Å². The number of benzene rings is 1. The number of nitrogens with one attached hydrogen (secondary N) is 1. The molecule has 0 unspecified atom stereocenters. The Morgan fingerprint density at radius 2 is 2.07 bits per heavy atom. The molecule has 0 atom stereocenters. The average molecular weight is 203 g/mol. The number of nitrogens with two attached hydrogens (primary N) is 2. The normalized spacial score (nSPS) is 10.5. The molecule has 0 spiro atoms. The third-order valence-electron chi connectivity index (χ3n) is 2.40. The van der Waals surface area contributed by atoms with Crippen LogP contribution in [0.5, 0.6) is 0 Å². The van der Waals surface area contributed by atoms with Crippen LogP contribution in [0.2, 0.25) is 0 Å². The fraction of sp³-hybridized carbons (Fsp3) is 0.200. The molecule has 1 heterocycles. The molecule has 2 aromatic rings. The number of aryl methyl sites for hydroxylation is 2. The molecule has 0 bridgehead atoms. The lowest BCUT2D eigenvalue weighted by Gasteiger charge is -1.97. The van der Waals surface area contributed by atoms with Gasteiger partial charge in [-0.2, -0.15) is 4.99 Å². The second-order valence-electron chi connectivity index (χ2n) is 3.50. The molecule has 78 valence electrons. The van der Waals surface area contributed by atoms with E-state index in [0.29, 0.717) is 5.95 Å². The number of aromatic nitrogens is 2. The zero-order valence-electron chi connectivity index (χ0n) is 8.70. The molecule has 0 fully saturated rings. The van der Waals surface area contributed by atoms with Gasteiger partial charge in [0.05, 0.1) is 11.0 Å². The fourth-order valence-electron chi connectivity index (χ4n) is 1.48. The summed E-state index contributed by atoms with van der Waals surface area (Å²) in [5.41, 5.74) is 14.8. The number of imidazole rings is 1. The molecule has 0 amide bonds. The van der Waals surface area contributed by atoms with E-state index in [-0.39, 0.29) is 5.96 Å². The van der Waals surface area contributed by atoms with E-state index < -0.39 is 0 Å². The molecule has 15 heavy (non-hydrogen) atoms. The maximum absolute atomic E-state index is 5.28. The van der Waals surface area contributed by atoms with Crippen LogP contribution in [-0.2, 0) is 0 Å². The van der Waals surface area contributed by atoms with E-state index in [0.717, 1.165) is 16.6 Å². The van der Waals surface area contributed by atoms with E-state index in [9.17, 15) is 0 Å². The van der Waals surface area contributed by atoms with E-state index in [1.54, 1.807) is 0 Å². The number of aromatic amines is 1. The number of H-pyrrole nitrogens is 1. The topological polar surface area (TPSA) is 93.1 Å². The molecule has 1 aromatic carbocycles. The van der Waals surface area contributed by atoms with Crippen molar-refractivity contribution in [1.29, 1.82) is 0 Å². The van der Waals surface area contributed by atoms with Gasteiger partial charge in [0.25, 0.3) is 0 Å². The summed E-state index contributed by atoms with van der Waals surface area (Å²) in [4.78, 5) is 11.2. The summed E-state index contributed by atoms with van der Waals surface area (Å²) in [7, 11) is 0. The summed E-state index contributed by atoms with van der Waals surface area (Å²) in [5.74, 6) is 0.446. The third-order valence-corrected chi connectivity index (χ3v) is 2.40. The Labute approximate surface area is 87.2 Å². The molecule has 1 aromatic heterocycles. The van der Waals surface area contributed by atoms with Crippen LogP contribution in [0.4, 0.5) is 5.95 Å². The van der Waals surface area contributed by atoms with Gasteiger partial charge in [-0.3, -0.25) is 0 Å². The maximum atomic E-state index is 5.28. The third kappa shape index (κ3) is 1.63. The van der Waals surface area contributed by atoms with Gasteiger partial charge in [0, 0.05) is 0 Å². The van der Waals surface area contributed by atoms with Gasteiger partial charge >= 0.3 is 0 Å². The standard InChI is InChI=1S/C10H13N5/c1-5-3-4-7-8(6(5)2)14-10(13-7)15-9(11)12/h3-4H,1-2H3,(H5,11,12,13,14,15). The Kier molecular flexibility index (Phi) is 2.07. The number of nitrogens with zero attached hydrogens (tertiary/aromatic N) is 2. The van der Waals surface area contributed by atoms with Crippen molar-refractivity contribution in [3.05, 3.63) is 23.3 Å². The Hall–Kier alpha value is -2.04. The first-order valence-corrected chi connectivity index (χ1v) is 4.63. The van der Waals surface area contributed by atoms with Crippen molar-refractivity contribution < 1.29 is 0 Å². The SMILES string of the molecule is Cc1ccc2[nH]c(N=C(N)N)nc2c1C. The molecule has 0 saturated carbocycles. The van der Waals surface area contributed by atoms with Gasteiger partial charge < -0.3 is 16.5 Å². The van der Waals surface area contributed by atoms with Gasteiger partial charge in [0.15, 0.2) is 5.96 Å². The quantitative estimate of drug-likeness (QED) is 0.478. The summed E-state index contributed by atoms with van der Waals surface area (Å²) >= 11 is 0. The van der Waals surface area contributed by atoms with Gasteiger partial charge in [0.2, 0.25) is 5.95 Å². The second kappa shape index (κ2) is 3.27. The highest BCUT2D eigenvalue weighted by molar-refractivity contribution is 5.83. The lowest BCUT2D eigenvalue weighted by atomic mass is 10.1. The van der Waals surface area contributed by atoms with Crippen molar-refractivity contribution in [1.82, 2.24) is 9.97 Å². The van der Waals surface area contributed by atoms with Crippen LogP contribution in [-0.4, -0.2) is 15.9 Å². The van der Waals surface area contributed by atoms with Crippen molar-refractivity contribution in [3.63, 3.8) is 0 Å². The van der Waals surface area contributed by atoms with Gasteiger partial charge in [-0.25, -0.2) is 4.98 Å². The predicted molar refractivity (Wildman–Crippen MR) is 61.0 cm³/mol. The van der Waals surface area contributed by atoms with Gasteiger partial charge in [-0.1, -0.05) is 6.07 Å². The van der Waals surface area contributed by atoms with Crippen LogP contribution >= 0.6 is 0 Å². The first-order chi connectivity index (χ1) is 7.08. The molecule has 0 radical (unpaired) electrons. The molecule has 0 aliphatic heterocycles. The summed E-state index contributed by atoms with van der Waals surface area (Å²) in [6, 6.07) is 4.01. The van der Waals surface area contributed by atoms with Gasteiger partial charge in [-0.15, -0.1) is 0 Å². The summed E-state index contributed by atoms with van der Waals surface area (Å²) in [6.45, 7) is 4.07. The Morgan fingerprint density at radius 1 is 1.33 bits per heavy atom. The first-order valence-electron chi connectivity index (χ1n) is 4.63. The van der Waals surface area contributed by atoms with Crippen LogP contribution in [0.3, 0.4) is 0 Å². The second-order valence-corrected chi connectivity index (χ2v) is 3.50. The summed E-state index contributed by atoms with van der Waals surface area (Å²) < 4.78 is 0. The van der Waals surface area contributed by atoms with E-state index in [4.69, 9.17) is 11.5 Å². The molecule has 5 nitrogen and oxygen atoms in total. The fourth-order valence-corrected chi connectivity index (χ4v) is 1.48. The van der Waals surface area contributed by atoms with E-state index in [1.165, 1.54) is 5.56 Å². The van der Waals surface area contributed by atoms with Gasteiger partial charge in [0.1, 0.15) is 0 Å². The van der Waals surface area contributed by atoms with E-state index in [2.05, 4.69) is 15.0 Å². The Balaban J connectivity index is 2.66. The number of rotatable bonds is 1. The predicted octanol–water partition coefficient (Wildman–Crippen LogP) is 1.08. The van der Waals surface area contributed by atoms with Crippen LogP contribution < -0.4 is 11.5 Å². The molecule has 2 rings (SSSR count). The number of guanidine groups is 1. The highest BCUT2D eigenvalue weighted by atomic mass is 15.1. The average Bonchev–Trinajstić information content (AvgIpc) is 2.54. The Morgan fingerprint density at radius 3 is 2.73 bits per heavy atom. The minimum Gasteiger partial charge on any atom is -0.370 e. The lowest BCUT2D eigenvalue weighted by molar-refractivity contribution is 1.24. The highest BCUT2D eigenvalue weighted by Crippen LogP contribution is 2.21. The van der Waals surface area contributed by atoms with Crippen LogP contribution in [0.25, 0.3) is 11.0 Å². The largest absolute Gasteiger partial charge is 0.370 e. The zero-order chi connectivity index (χ0) is 11.0. The highest BCUT2D eigenvalue weighted by Gasteiger charge is 2.05. The van der Waals surface area contributed by atoms with Crippen molar-refractivity contribution in [2.75, 3.05) is 0 Å². The maximum Gasteiger partial charge on any atom is 0.231 e. The number of hydrogen-bond donors (Lipinski definition) is 3. The number of aliphatic imine (C=N–C) groups is 1. The molecular formula is C10H13N5. The minimum absolute atomic E-state index is 0.00318. The minimum atomic E-state index is 0.00318. The van der Waals surface area contributed by atoms with E-state index >= 15 is 0 Å². The van der Waals surface area contributed by atoms with Crippen LogP contribution in [0.15, 0.2) is 17.1 Å². The summed E-state index contributed by atoms with van der Waals surface area (Å²) in [5, 5.41) is 0. The van der Waals surface area contributed by atoms with Crippen molar-refractivity contribution in [2.45, 2.75) is 13.8 Å².